The van der Waals surface area contributed by atoms with Crippen LogP contribution in [0.2, 0.25) is 5.02 Å². The molecular formula is C28H19ClN4O4S. The van der Waals surface area contributed by atoms with Crippen molar-refractivity contribution in [3.05, 3.63) is 112 Å². The third-order valence-electron chi connectivity index (χ3n) is 5.42. The highest BCUT2D eigenvalue weighted by atomic mass is 35.5. The second-order valence-electron chi connectivity index (χ2n) is 8.03. The van der Waals surface area contributed by atoms with Gasteiger partial charge in [-0.25, -0.2) is 15.2 Å². The molecule has 0 aliphatic rings. The average Bonchev–Trinajstić information content (AvgIpc) is 3.60. The van der Waals surface area contributed by atoms with Crippen LogP contribution in [-0.4, -0.2) is 28.2 Å². The van der Waals surface area contributed by atoms with Gasteiger partial charge in [0.1, 0.15) is 11.5 Å². The number of aromatic nitrogens is 1. The maximum Gasteiger partial charge on any atom is 0.335 e. The van der Waals surface area contributed by atoms with Crippen LogP contribution in [0.4, 0.5) is 10.8 Å². The molecule has 10 heteroatoms. The lowest BCUT2D eigenvalue weighted by Crippen LogP contribution is -2.17. The highest BCUT2D eigenvalue weighted by molar-refractivity contribution is 7.14. The van der Waals surface area contributed by atoms with Crippen molar-refractivity contribution in [1.29, 1.82) is 0 Å². The van der Waals surface area contributed by atoms with Gasteiger partial charge in [-0.05, 0) is 60.7 Å². The van der Waals surface area contributed by atoms with Crippen molar-refractivity contribution in [2.45, 2.75) is 0 Å². The summed E-state index contributed by atoms with van der Waals surface area (Å²) in [6, 6.07) is 24.2. The zero-order chi connectivity index (χ0) is 26.5. The molecule has 0 spiro atoms. The molecule has 3 N–H and O–H groups in total. The van der Waals surface area contributed by atoms with E-state index in [4.69, 9.17) is 21.1 Å². The number of nitrogens with zero attached hydrogens (tertiary/aromatic N) is 2. The number of anilines is 2. The summed E-state index contributed by atoms with van der Waals surface area (Å²) < 4.78 is 5.69. The molecule has 1 amide bonds. The summed E-state index contributed by atoms with van der Waals surface area (Å²) in [5, 5.41) is 19.7. The SMILES string of the molecule is O=C(O)c1cccc(-c2ccc(/C=N\NC(=O)c3ccc(-c4csc(Nc5ccc(Cl)cc5)n4)cc3)o2)c1. The number of benzene rings is 3. The van der Waals surface area contributed by atoms with E-state index in [-0.39, 0.29) is 11.5 Å². The summed E-state index contributed by atoms with van der Waals surface area (Å²) in [7, 11) is 0. The summed E-state index contributed by atoms with van der Waals surface area (Å²) in [4.78, 5) is 28.3. The fraction of sp³-hybridized carbons (Fsp3) is 0. The van der Waals surface area contributed by atoms with Crippen LogP contribution in [0.1, 0.15) is 26.5 Å². The Hall–Kier alpha value is -4.73. The summed E-state index contributed by atoms with van der Waals surface area (Å²) in [5.41, 5.74) is 6.26. The standard InChI is InChI=1S/C28H19ClN4O4S/c29-21-8-10-22(11-9-21)31-28-32-24(16-38-28)17-4-6-18(7-5-17)26(34)33-30-15-23-12-13-25(37-23)19-2-1-3-20(14-19)27(35)36/h1-16H,(H,31,32)(H,33,34)(H,35,36)/b30-15-. The Morgan fingerprint density at radius 3 is 2.50 bits per heavy atom. The second-order valence-corrected chi connectivity index (χ2v) is 9.33. The van der Waals surface area contributed by atoms with Crippen LogP contribution >= 0.6 is 22.9 Å². The molecule has 3 aromatic carbocycles. The van der Waals surface area contributed by atoms with Gasteiger partial charge in [0.25, 0.3) is 5.91 Å². The first-order chi connectivity index (χ1) is 18.4. The largest absolute Gasteiger partial charge is 0.478 e. The summed E-state index contributed by atoms with van der Waals surface area (Å²) in [5.74, 6) is -0.497. The normalized spacial score (nSPS) is 11.0. The summed E-state index contributed by atoms with van der Waals surface area (Å²) >= 11 is 7.40. The predicted octanol–water partition coefficient (Wildman–Crippen LogP) is 6.93. The molecule has 0 aliphatic carbocycles. The maximum absolute atomic E-state index is 12.5. The van der Waals surface area contributed by atoms with Gasteiger partial charge >= 0.3 is 5.97 Å². The number of hydrazone groups is 1. The smallest absolute Gasteiger partial charge is 0.335 e. The molecule has 0 radical (unpaired) electrons. The van der Waals surface area contributed by atoms with E-state index in [9.17, 15) is 9.59 Å². The number of furan rings is 1. The van der Waals surface area contributed by atoms with Gasteiger partial charge in [-0.1, -0.05) is 35.9 Å². The van der Waals surface area contributed by atoms with Crippen LogP contribution in [0.25, 0.3) is 22.6 Å². The van der Waals surface area contributed by atoms with Gasteiger partial charge in [-0.3, -0.25) is 4.79 Å². The number of halogens is 1. The first kappa shape index (κ1) is 24.9. The summed E-state index contributed by atoms with van der Waals surface area (Å²) in [6.07, 6.45) is 1.38. The molecule has 188 valence electrons. The van der Waals surface area contributed by atoms with Gasteiger partial charge in [0, 0.05) is 32.8 Å². The lowest BCUT2D eigenvalue weighted by atomic mass is 10.1. The number of hydrogen-bond donors (Lipinski definition) is 3. The summed E-state index contributed by atoms with van der Waals surface area (Å²) in [6.45, 7) is 0. The zero-order valence-electron chi connectivity index (χ0n) is 19.6. The van der Waals surface area contributed by atoms with Crippen LogP contribution in [0.15, 0.2) is 99.8 Å². The van der Waals surface area contributed by atoms with Crippen molar-refractivity contribution < 1.29 is 19.1 Å². The number of aromatic carboxylic acids is 1. The number of nitrogens with one attached hydrogen (secondary N) is 2. The van der Waals surface area contributed by atoms with Gasteiger partial charge < -0.3 is 14.8 Å². The number of carbonyl (C=O) groups is 2. The second kappa shape index (κ2) is 11.1. The van der Waals surface area contributed by atoms with E-state index in [0.717, 1.165) is 22.1 Å². The highest BCUT2D eigenvalue weighted by Gasteiger charge is 2.10. The Kier molecular flexibility index (Phi) is 7.30. The van der Waals surface area contributed by atoms with Gasteiger partial charge in [0.2, 0.25) is 0 Å². The quantitative estimate of drug-likeness (QED) is 0.144. The van der Waals surface area contributed by atoms with E-state index >= 15 is 0 Å². The van der Waals surface area contributed by atoms with Crippen molar-refractivity contribution in [2.75, 3.05) is 5.32 Å². The molecule has 38 heavy (non-hydrogen) atoms. The number of carbonyl (C=O) groups excluding carboxylic acids is 1. The minimum absolute atomic E-state index is 0.164. The number of hydrogen-bond acceptors (Lipinski definition) is 7. The molecule has 2 heterocycles. The van der Waals surface area contributed by atoms with Gasteiger partial charge in [0.15, 0.2) is 5.13 Å². The number of thiazole rings is 1. The Morgan fingerprint density at radius 1 is 0.947 bits per heavy atom. The van der Waals surface area contributed by atoms with E-state index in [1.807, 2.05) is 29.6 Å². The molecule has 0 unspecified atom stereocenters. The van der Waals surface area contributed by atoms with Crippen LogP contribution in [-0.2, 0) is 0 Å². The molecule has 0 aliphatic heterocycles. The van der Waals surface area contributed by atoms with E-state index in [0.29, 0.717) is 27.7 Å². The van der Waals surface area contributed by atoms with Crippen LogP contribution < -0.4 is 10.7 Å². The Labute approximate surface area is 226 Å². The molecule has 0 bridgehead atoms. The lowest BCUT2D eigenvalue weighted by molar-refractivity contribution is 0.0696. The van der Waals surface area contributed by atoms with Gasteiger partial charge in [-0.2, -0.15) is 5.10 Å². The van der Waals surface area contributed by atoms with Crippen molar-refractivity contribution in [1.82, 2.24) is 10.4 Å². The van der Waals surface area contributed by atoms with Crippen LogP contribution in [0.3, 0.4) is 0 Å². The van der Waals surface area contributed by atoms with Crippen LogP contribution in [0, 0.1) is 0 Å². The van der Waals surface area contributed by atoms with E-state index in [1.165, 1.54) is 29.7 Å². The van der Waals surface area contributed by atoms with E-state index in [2.05, 4.69) is 20.8 Å². The monoisotopic (exact) mass is 542 g/mol. The van der Waals surface area contributed by atoms with Crippen molar-refractivity contribution in [3.63, 3.8) is 0 Å². The first-order valence-electron chi connectivity index (χ1n) is 11.3. The third-order valence-corrected chi connectivity index (χ3v) is 6.43. The molecule has 5 rings (SSSR count). The highest BCUT2D eigenvalue weighted by Crippen LogP contribution is 2.28. The molecule has 5 aromatic rings. The molecule has 8 nitrogen and oxygen atoms in total. The first-order valence-corrected chi connectivity index (χ1v) is 12.6. The van der Waals surface area contributed by atoms with Gasteiger partial charge in [-0.15, -0.1) is 11.3 Å². The van der Waals surface area contributed by atoms with E-state index < -0.39 is 5.97 Å². The molecule has 0 saturated heterocycles. The topological polar surface area (TPSA) is 117 Å². The third kappa shape index (κ3) is 5.97. The number of carboxylic acid groups (broad SMARTS) is 1. The maximum atomic E-state index is 12.5. The molecule has 0 atom stereocenters. The fourth-order valence-corrected chi connectivity index (χ4v) is 4.38. The molecule has 0 fully saturated rings. The molecule has 2 aromatic heterocycles. The Balaban J connectivity index is 1.18. The number of amides is 1. The lowest BCUT2D eigenvalue weighted by Gasteiger charge is -2.03. The molecule has 0 saturated carbocycles. The number of rotatable bonds is 8. The minimum atomic E-state index is -1.02. The van der Waals surface area contributed by atoms with Crippen molar-refractivity contribution in [2.24, 2.45) is 5.10 Å². The Morgan fingerprint density at radius 2 is 1.74 bits per heavy atom. The van der Waals surface area contributed by atoms with E-state index in [1.54, 1.807) is 48.5 Å². The predicted molar refractivity (Wildman–Crippen MR) is 148 cm³/mol. The number of carboxylic acids is 1. The zero-order valence-corrected chi connectivity index (χ0v) is 21.2. The van der Waals surface area contributed by atoms with Crippen molar-refractivity contribution in [3.8, 4) is 22.6 Å². The fourth-order valence-electron chi connectivity index (χ4n) is 3.51. The average molecular weight is 543 g/mol. The minimum Gasteiger partial charge on any atom is -0.478 e. The van der Waals surface area contributed by atoms with Crippen LogP contribution in [0.5, 0.6) is 0 Å². The van der Waals surface area contributed by atoms with Gasteiger partial charge in [0.05, 0.1) is 17.5 Å². The molecular weight excluding hydrogens is 524 g/mol. The Bertz CT molecular complexity index is 1630. The van der Waals surface area contributed by atoms with Crippen molar-refractivity contribution >= 4 is 51.8 Å².